The number of benzene rings is 2. The zero-order chi connectivity index (χ0) is 11.5. The molecule has 16 heavy (non-hydrogen) atoms. The van der Waals surface area contributed by atoms with Crippen LogP contribution in [-0.2, 0) is 0 Å². The molecule has 0 saturated heterocycles. The van der Waals surface area contributed by atoms with Gasteiger partial charge in [0.15, 0.2) is 0 Å². The molecule has 0 aromatic heterocycles. The number of hydrogen-bond acceptors (Lipinski definition) is 0. The first-order valence-electron chi connectivity index (χ1n) is 5.04. The average molecular weight is 210 g/mol. The molecule has 1 heteroatoms. The van der Waals surface area contributed by atoms with E-state index in [2.05, 4.69) is 5.92 Å². The molecule has 2 aromatic rings. The molecule has 0 radical (unpaired) electrons. The normalized spacial score (nSPS) is 9.81. The highest BCUT2D eigenvalue weighted by atomic mass is 19.1. The number of halogens is 1. The quantitative estimate of drug-likeness (QED) is 0.628. The fraction of sp³-hybridized carbons (Fsp3) is 0.0667. The van der Waals surface area contributed by atoms with Crippen molar-refractivity contribution in [3.63, 3.8) is 0 Å². The second-order valence-electron chi connectivity index (χ2n) is 3.70. The molecule has 0 amide bonds. The second-order valence-corrected chi connectivity index (χ2v) is 3.70. The Morgan fingerprint density at radius 2 is 1.75 bits per heavy atom. The smallest absolute Gasteiger partial charge is 0.131 e. The largest absolute Gasteiger partial charge is 0.206 e. The van der Waals surface area contributed by atoms with Gasteiger partial charge in [0, 0.05) is 11.1 Å². The summed E-state index contributed by atoms with van der Waals surface area (Å²) in [7, 11) is 0. The minimum atomic E-state index is -0.247. The van der Waals surface area contributed by atoms with E-state index in [1.54, 1.807) is 12.1 Å². The summed E-state index contributed by atoms with van der Waals surface area (Å²) in [5.41, 5.74) is 3.24. The van der Waals surface area contributed by atoms with Crippen LogP contribution in [0.3, 0.4) is 0 Å². The van der Waals surface area contributed by atoms with Crippen LogP contribution in [0.2, 0.25) is 0 Å². The molecule has 0 spiro atoms. The molecular weight excluding hydrogens is 199 g/mol. The molecule has 0 heterocycles. The van der Waals surface area contributed by atoms with Crippen molar-refractivity contribution in [1.29, 1.82) is 0 Å². The summed E-state index contributed by atoms with van der Waals surface area (Å²) in [6.45, 7) is 2.00. The summed E-state index contributed by atoms with van der Waals surface area (Å²) >= 11 is 0. The Labute approximate surface area is 94.7 Å². The maximum Gasteiger partial charge on any atom is 0.131 e. The minimum absolute atomic E-state index is 0.247. The molecule has 0 aliphatic heterocycles. The van der Waals surface area contributed by atoms with Gasteiger partial charge in [0.25, 0.3) is 0 Å². The van der Waals surface area contributed by atoms with Gasteiger partial charge in [-0.05, 0) is 30.7 Å². The molecule has 78 valence electrons. The Balaban J connectivity index is 2.55. The predicted molar refractivity (Wildman–Crippen MR) is 64.5 cm³/mol. The van der Waals surface area contributed by atoms with E-state index >= 15 is 0 Å². The Hall–Kier alpha value is -2.07. The summed E-state index contributed by atoms with van der Waals surface area (Å²) in [4.78, 5) is 0. The van der Waals surface area contributed by atoms with Gasteiger partial charge in [-0.3, -0.25) is 0 Å². The van der Waals surface area contributed by atoms with Crippen LogP contribution in [-0.4, -0.2) is 0 Å². The topological polar surface area (TPSA) is 0 Å². The molecule has 0 aliphatic carbocycles. The molecular formula is C15H11F. The number of hydrogen-bond donors (Lipinski definition) is 0. The Kier molecular flexibility index (Phi) is 2.74. The standard InChI is InChI=1S/C15H11F/c1-3-12-6-9-15(16)14(10-12)13-7-4-11(2)5-8-13/h1,4-10H,2H3. The van der Waals surface area contributed by atoms with Gasteiger partial charge >= 0.3 is 0 Å². The second kappa shape index (κ2) is 4.20. The van der Waals surface area contributed by atoms with Crippen LogP contribution in [0.4, 0.5) is 4.39 Å². The van der Waals surface area contributed by atoms with Crippen molar-refractivity contribution in [1.82, 2.24) is 0 Å². The molecule has 0 fully saturated rings. The molecule has 0 atom stereocenters. The Morgan fingerprint density at radius 1 is 1.06 bits per heavy atom. The molecule has 0 bridgehead atoms. The van der Waals surface area contributed by atoms with Crippen molar-refractivity contribution in [3.8, 4) is 23.5 Å². The maximum atomic E-state index is 13.6. The zero-order valence-electron chi connectivity index (χ0n) is 9.00. The fourth-order valence-electron chi connectivity index (χ4n) is 1.57. The molecule has 2 aromatic carbocycles. The summed E-state index contributed by atoms with van der Waals surface area (Å²) in [6.07, 6.45) is 5.30. The maximum absolute atomic E-state index is 13.6. The first kappa shape index (κ1) is 10.4. The van der Waals surface area contributed by atoms with Gasteiger partial charge < -0.3 is 0 Å². The van der Waals surface area contributed by atoms with Gasteiger partial charge in [0.1, 0.15) is 5.82 Å². The van der Waals surface area contributed by atoms with Crippen LogP contribution in [0.25, 0.3) is 11.1 Å². The van der Waals surface area contributed by atoms with Crippen molar-refractivity contribution in [2.24, 2.45) is 0 Å². The van der Waals surface area contributed by atoms with Crippen molar-refractivity contribution < 1.29 is 4.39 Å². The third-order valence-corrected chi connectivity index (χ3v) is 2.50. The van der Waals surface area contributed by atoms with Crippen LogP contribution in [0.15, 0.2) is 42.5 Å². The van der Waals surface area contributed by atoms with E-state index in [0.717, 1.165) is 11.1 Å². The van der Waals surface area contributed by atoms with Crippen LogP contribution in [0.5, 0.6) is 0 Å². The van der Waals surface area contributed by atoms with Gasteiger partial charge in [0.05, 0.1) is 0 Å². The molecule has 2 rings (SSSR count). The molecule has 0 aliphatic rings. The molecule has 0 N–H and O–H groups in total. The average Bonchev–Trinajstić information content (AvgIpc) is 2.31. The lowest BCUT2D eigenvalue weighted by Crippen LogP contribution is -1.86. The van der Waals surface area contributed by atoms with Gasteiger partial charge in [-0.15, -0.1) is 6.42 Å². The van der Waals surface area contributed by atoms with E-state index in [4.69, 9.17) is 6.42 Å². The van der Waals surface area contributed by atoms with Crippen LogP contribution in [0, 0.1) is 25.1 Å². The predicted octanol–water partition coefficient (Wildman–Crippen LogP) is 3.78. The monoisotopic (exact) mass is 210 g/mol. The first-order valence-corrected chi connectivity index (χ1v) is 5.04. The van der Waals surface area contributed by atoms with Crippen LogP contribution >= 0.6 is 0 Å². The number of aryl methyl sites for hydroxylation is 1. The van der Waals surface area contributed by atoms with E-state index < -0.39 is 0 Å². The number of terminal acetylenes is 1. The Morgan fingerprint density at radius 3 is 2.38 bits per heavy atom. The van der Waals surface area contributed by atoms with Crippen molar-refractivity contribution >= 4 is 0 Å². The summed E-state index contributed by atoms with van der Waals surface area (Å²) in [5, 5.41) is 0. The van der Waals surface area contributed by atoms with Crippen LogP contribution < -0.4 is 0 Å². The summed E-state index contributed by atoms with van der Waals surface area (Å²) < 4.78 is 13.6. The van der Waals surface area contributed by atoms with Gasteiger partial charge in [-0.1, -0.05) is 35.7 Å². The molecule has 0 saturated carbocycles. The van der Waals surface area contributed by atoms with Gasteiger partial charge in [-0.2, -0.15) is 0 Å². The van der Waals surface area contributed by atoms with Crippen molar-refractivity contribution in [2.45, 2.75) is 6.92 Å². The minimum Gasteiger partial charge on any atom is -0.206 e. The van der Waals surface area contributed by atoms with Crippen molar-refractivity contribution in [3.05, 3.63) is 59.4 Å². The third-order valence-electron chi connectivity index (χ3n) is 2.50. The van der Waals surface area contributed by atoms with E-state index in [0.29, 0.717) is 11.1 Å². The first-order chi connectivity index (χ1) is 7.70. The molecule has 0 unspecified atom stereocenters. The SMILES string of the molecule is C#Cc1ccc(F)c(-c2ccc(C)cc2)c1. The summed E-state index contributed by atoms with van der Waals surface area (Å²) in [6, 6.07) is 12.4. The van der Waals surface area contributed by atoms with E-state index in [-0.39, 0.29) is 5.82 Å². The fourth-order valence-corrected chi connectivity index (χ4v) is 1.57. The van der Waals surface area contributed by atoms with Gasteiger partial charge in [0.2, 0.25) is 0 Å². The van der Waals surface area contributed by atoms with E-state index in [9.17, 15) is 4.39 Å². The highest BCUT2D eigenvalue weighted by molar-refractivity contribution is 5.66. The summed E-state index contributed by atoms with van der Waals surface area (Å²) in [5.74, 6) is 2.26. The lowest BCUT2D eigenvalue weighted by Gasteiger charge is -2.04. The zero-order valence-corrected chi connectivity index (χ0v) is 9.00. The third kappa shape index (κ3) is 1.97. The van der Waals surface area contributed by atoms with Gasteiger partial charge in [-0.25, -0.2) is 4.39 Å². The number of rotatable bonds is 1. The van der Waals surface area contributed by atoms with Crippen molar-refractivity contribution in [2.75, 3.05) is 0 Å². The van der Waals surface area contributed by atoms with E-state index in [1.807, 2.05) is 31.2 Å². The highest BCUT2D eigenvalue weighted by Crippen LogP contribution is 2.24. The highest BCUT2D eigenvalue weighted by Gasteiger charge is 2.05. The Bertz CT molecular complexity index is 545. The lowest BCUT2D eigenvalue weighted by molar-refractivity contribution is 0.631. The van der Waals surface area contributed by atoms with E-state index in [1.165, 1.54) is 6.07 Å². The lowest BCUT2D eigenvalue weighted by atomic mass is 10.0. The van der Waals surface area contributed by atoms with Crippen LogP contribution in [0.1, 0.15) is 11.1 Å². The molecule has 0 nitrogen and oxygen atoms in total.